The number of rotatable bonds is 8. The van der Waals surface area contributed by atoms with Crippen molar-refractivity contribution in [1.82, 2.24) is 4.90 Å². The van der Waals surface area contributed by atoms with Gasteiger partial charge in [0.25, 0.3) is 11.1 Å². The van der Waals surface area contributed by atoms with Crippen molar-refractivity contribution in [2.45, 2.75) is 20.8 Å². The van der Waals surface area contributed by atoms with Crippen LogP contribution in [0.2, 0.25) is 0 Å². The Labute approximate surface area is 199 Å². The highest BCUT2D eigenvalue weighted by molar-refractivity contribution is 9.10. The van der Waals surface area contributed by atoms with Gasteiger partial charge in [0.05, 0.1) is 18.1 Å². The lowest BCUT2D eigenvalue weighted by Crippen LogP contribution is -2.36. The van der Waals surface area contributed by atoms with E-state index in [4.69, 9.17) is 9.47 Å². The minimum atomic E-state index is -0.516. The third-order valence-electron chi connectivity index (χ3n) is 4.46. The Hall–Kier alpha value is -2.78. The molecule has 1 N–H and O–H groups in total. The first kappa shape index (κ1) is 23.9. The van der Waals surface area contributed by atoms with Crippen molar-refractivity contribution in [3.8, 4) is 11.5 Å². The molecule has 2 aromatic rings. The van der Waals surface area contributed by atoms with Gasteiger partial charge in [-0.1, -0.05) is 33.6 Å². The van der Waals surface area contributed by atoms with Gasteiger partial charge in [-0.2, -0.15) is 0 Å². The van der Waals surface area contributed by atoms with Crippen LogP contribution in [0, 0.1) is 6.92 Å². The average Bonchev–Trinajstić information content (AvgIpc) is 3.00. The predicted octanol–water partition coefficient (Wildman–Crippen LogP) is 5.23. The molecule has 1 aliphatic rings. The zero-order valence-corrected chi connectivity index (χ0v) is 20.3. The summed E-state index contributed by atoms with van der Waals surface area (Å²) in [7, 11) is 0. The smallest absolute Gasteiger partial charge is 0.294 e. The van der Waals surface area contributed by atoms with Crippen LogP contribution in [-0.2, 0) is 9.59 Å². The molecule has 0 bridgehead atoms. The number of carbonyl (C=O) groups is 3. The van der Waals surface area contributed by atoms with E-state index in [1.807, 2.05) is 32.9 Å². The summed E-state index contributed by atoms with van der Waals surface area (Å²) in [5.41, 5.74) is 2.32. The zero-order chi connectivity index (χ0) is 23.3. The molecule has 32 heavy (non-hydrogen) atoms. The SMILES string of the molecule is CCOc1cc(Br)c(C=C2SC(=O)N(CC(=O)Nc3ccc(C)cc3)C2=O)cc1OCC. The molecule has 1 aliphatic heterocycles. The lowest BCUT2D eigenvalue weighted by molar-refractivity contribution is -0.127. The fourth-order valence-corrected chi connectivity index (χ4v) is 4.22. The summed E-state index contributed by atoms with van der Waals surface area (Å²) >= 11 is 4.27. The minimum Gasteiger partial charge on any atom is -0.490 e. The quantitative estimate of drug-likeness (QED) is 0.481. The summed E-state index contributed by atoms with van der Waals surface area (Å²) in [6.07, 6.45) is 1.60. The van der Waals surface area contributed by atoms with Crippen molar-refractivity contribution >= 4 is 56.5 Å². The van der Waals surface area contributed by atoms with Gasteiger partial charge in [0, 0.05) is 10.2 Å². The van der Waals surface area contributed by atoms with Gasteiger partial charge < -0.3 is 14.8 Å². The molecule has 2 aromatic carbocycles. The van der Waals surface area contributed by atoms with Crippen molar-refractivity contribution in [3.05, 3.63) is 56.9 Å². The molecule has 1 heterocycles. The molecule has 0 unspecified atom stereocenters. The number of hydrogen-bond donors (Lipinski definition) is 1. The molecule has 0 aromatic heterocycles. The van der Waals surface area contributed by atoms with Crippen molar-refractivity contribution in [2.24, 2.45) is 0 Å². The first-order valence-corrected chi connectivity index (χ1v) is 11.6. The number of imide groups is 1. The summed E-state index contributed by atoms with van der Waals surface area (Å²) in [4.78, 5) is 38.7. The maximum Gasteiger partial charge on any atom is 0.294 e. The third-order valence-corrected chi connectivity index (χ3v) is 6.05. The second-order valence-electron chi connectivity index (χ2n) is 6.87. The van der Waals surface area contributed by atoms with Gasteiger partial charge in [-0.15, -0.1) is 0 Å². The van der Waals surface area contributed by atoms with E-state index in [0.29, 0.717) is 40.4 Å². The molecular formula is C23H23BrN2O5S. The van der Waals surface area contributed by atoms with E-state index >= 15 is 0 Å². The number of anilines is 1. The maximum absolute atomic E-state index is 12.8. The molecule has 0 aliphatic carbocycles. The zero-order valence-electron chi connectivity index (χ0n) is 17.9. The Bertz CT molecular complexity index is 1070. The normalized spacial score (nSPS) is 14.8. The van der Waals surface area contributed by atoms with Crippen LogP contribution in [0.3, 0.4) is 0 Å². The lowest BCUT2D eigenvalue weighted by Gasteiger charge is -2.13. The van der Waals surface area contributed by atoms with E-state index in [0.717, 1.165) is 22.2 Å². The molecule has 0 atom stereocenters. The topological polar surface area (TPSA) is 84.9 Å². The predicted molar refractivity (Wildman–Crippen MR) is 129 cm³/mol. The molecule has 168 valence electrons. The molecular weight excluding hydrogens is 496 g/mol. The number of nitrogens with zero attached hydrogens (tertiary/aromatic N) is 1. The average molecular weight is 519 g/mol. The second-order valence-corrected chi connectivity index (χ2v) is 8.72. The maximum atomic E-state index is 12.8. The van der Waals surface area contributed by atoms with Crippen molar-refractivity contribution < 1.29 is 23.9 Å². The van der Waals surface area contributed by atoms with Gasteiger partial charge in [0.2, 0.25) is 5.91 Å². The van der Waals surface area contributed by atoms with Crippen LogP contribution in [-0.4, -0.2) is 41.7 Å². The Morgan fingerprint density at radius 2 is 1.72 bits per heavy atom. The fourth-order valence-electron chi connectivity index (χ4n) is 2.96. The Morgan fingerprint density at radius 3 is 2.34 bits per heavy atom. The molecule has 0 radical (unpaired) electrons. The Balaban J connectivity index is 1.76. The fraction of sp³-hybridized carbons (Fsp3) is 0.261. The van der Waals surface area contributed by atoms with Gasteiger partial charge in [-0.05, 0) is 68.4 Å². The minimum absolute atomic E-state index is 0.227. The summed E-state index contributed by atoms with van der Waals surface area (Å²) in [5, 5.41) is 2.21. The number of hydrogen-bond acceptors (Lipinski definition) is 6. The Morgan fingerprint density at radius 1 is 1.09 bits per heavy atom. The highest BCUT2D eigenvalue weighted by Crippen LogP contribution is 2.38. The number of carbonyl (C=O) groups excluding carboxylic acids is 3. The van der Waals surface area contributed by atoms with Crippen LogP contribution in [0.5, 0.6) is 11.5 Å². The number of halogens is 1. The standard InChI is InChI=1S/C23H23BrN2O5S/c1-4-30-18-10-15(17(24)12-19(18)31-5-2)11-20-22(28)26(23(29)32-20)13-21(27)25-16-8-6-14(3)7-9-16/h6-12H,4-5,13H2,1-3H3,(H,25,27). The second kappa shape index (κ2) is 10.7. The summed E-state index contributed by atoms with van der Waals surface area (Å²) in [6, 6.07) is 10.8. The van der Waals surface area contributed by atoms with Crippen molar-refractivity contribution in [2.75, 3.05) is 25.1 Å². The van der Waals surface area contributed by atoms with Gasteiger partial charge in [-0.25, -0.2) is 0 Å². The molecule has 9 heteroatoms. The van der Waals surface area contributed by atoms with E-state index in [9.17, 15) is 14.4 Å². The largest absolute Gasteiger partial charge is 0.490 e. The summed E-state index contributed by atoms with van der Waals surface area (Å²) < 4.78 is 11.9. The molecule has 3 rings (SSSR count). The lowest BCUT2D eigenvalue weighted by atomic mass is 10.2. The molecule has 0 saturated carbocycles. The third kappa shape index (κ3) is 5.72. The Kier molecular flexibility index (Phi) is 7.98. The van der Waals surface area contributed by atoms with Gasteiger partial charge >= 0.3 is 0 Å². The number of aryl methyl sites for hydroxylation is 1. The van der Waals surface area contributed by atoms with Crippen LogP contribution in [0.25, 0.3) is 6.08 Å². The monoisotopic (exact) mass is 518 g/mol. The first-order chi connectivity index (χ1) is 15.3. The van der Waals surface area contributed by atoms with Crippen molar-refractivity contribution in [3.63, 3.8) is 0 Å². The number of thioether (sulfide) groups is 1. The van der Waals surface area contributed by atoms with Crippen LogP contribution in [0.15, 0.2) is 45.8 Å². The first-order valence-electron chi connectivity index (χ1n) is 10.0. The number of ether oxygens (including phenoxy) is 2. The van der Waals surface area contributed by atoms with Gasteiger partial charge in [-0.3, -0.25) is 19.3 Å². The number of nitrogens with one attached hydrogen (secondary N) is 1. The highest BCUT2D eigenvalue weighted by atomic mass is 79.9. The highest BCUT2D eigenvalue weighted by Gasteiger charge is 2.36. The van der Waals surface area contributed by atoms with E-state index in [1.165, 1.54) is 0 Å². The summed E-state index contributed by atoms with van der Waals surface area (Å²) in [5.74, 6) is 0.163. The van der Waals surface area contributed by atoms with E-state index in [-0.39, 0.29) is 11.4 Å². The van der Waals surface area contributed by atoms with Crippen LogP contribution >= 0.6 is 27.7 Å². The van der Waals surface area contributed by atoms with Crippen molar-refractivity contribution in [1.29, 1.82) is 0 Å². The molecule has 3 amide bonds. The van der Waals surface area contributed by atoms with E-state index < -0.39 is 17.1 Å². The molecule has 1 fully saturated rings. The van der Waals surface area contributed by atoms with Gasteiger partial charge in [0.1, 0.15) is 6.54 Å². The molecule has 0 spiro atoms. The summed E-state index contributed by atoms with van der Waals surface area (Å²) in [6.45, 7) is 6.26. The van der Waals surface area contributed by atoms with Crippen LogP contribution in [0.1, 0.15) is 25.0 Å². The van der Waals surface area contributed by atoms with E-state index in [2.05, 4.69) is 21.2 Å². The van der Waals surface area contributed by atoms with Crippen LogP contribution in [0.4, 0.5) is 10.5 Å². The van der Waals surface area contributed by atoms with E-state index in [1.54, 1.807) is 30.3 Å². The van der Waals surface area contributed by atoms with Gasteiger partial charge in [0.15, 0.2) is 11.5 Å². The van der Waals surface area contributed by atoms with Crippen LogP contribution < -0.4 is 14.8 Å². The number of amides is 3. The molecule has 1 saturated heterocycles. The molecule has 7 nitrogen and oxygen atoms in total. The number of benzene rings is 2.